The topological polar surface area (TPSA) is 99.7 Å². The van der Waals surface area contributed by atoms with E-state index in [0.29, 0.717) is 24.6 Å². The van der Waals surface area contributed by atoms with Gasteiger partial charge in [0, 0.05) is 24.5 Å². The molecule has 9 heteroatoms. The average Bonchev–Trinajstić information content (AvgIpc) is 2.50. The minimum Gasteiger partial charge on any atom is -0.357 e. The summed E-state index contributed by atoms with van der Waals surface area (Å²) >= 11 is 0. The van der Waals surface area contributed by atoms with Crippen LogP contribution in [-0.2, 0) is 14.6 Å². The lowest BCUT2D eigenvalue weighted by atomic mass is 10.3. The first-order valence-corrected chi connectivity index (χ1v) is 10.0. The molecule has 0 aliphatic heterocycles. The van der Waals surface area contributed by atoms with Crippen molar-refractivity contribution in [2.45, 2.75) is 26.3 Å². The first-order valence-electron chi connectivity index (χ1n) is 7.97. The minimum atomic E-state index is -3.03. The molecule has 0 aliphatic rings. The molecule has 1 atom stereocenters. The summed E-state index contributed by atoms with van der Waals surface area (Å²) in [6.45, 7) is 4.16. The van der Waals surface area contributed by atoms with Crippen LogP contribution in [0, 0.1) is 5.82 Å². The van der Waals surface area contributed by atoms with Crippen LogP contribution < -0.4 is 16.0 Å². The highest BCUT2D eigenvalue weighted by atomic mass is 32.2. The van der Waals surface area contributed by atoms with E-state index in [9.17, 15) is 17.6 Å². The Hall–Kier alpha value is -2.16. The molecule has 140 valence electrons. The van der Waals surface area contributed by atoms with E-state index in [4.69, 9.17) is 0 Å². The molecule has 1 aromatic rings. The summed E-state index contributed by atoms with van der Waals surface area (Å²) in [4.78, 5) is 16.1. The molecule has 0 spiro atoms. The maximum Gasteiger partial charge on any atom is 0.246 e. The van der Waals surface area contributed by atoms with Gasteiger partial charge in [-0.25, -0.2) is 17.8 Å². The highest BCUT2D eigenvalue weighted by Gasteiger charge is 2.10. The third-order valence-corrected chi connectivity index (χ3v) is 4.12. The fourth-order valence-corrected chi connectivity index (χ4v) is 2.72. The molecule has 0 bridgehead atoms. The molecule has 0 aliphatic carbocycles. The van der Waals surface area contributed by atoms with Gasteiger partial charge in [-0.05, 0) is 38.5 Å². The number of sulfone groups is 1. The van der Waals surface area contributed by atoms with Crippen LogP contribution >= 0.6 is 0 Å². The number of carbonyl (C=O) groups excluding carboxylic acids is 1. The van der Waals surface area contributed by atoms with Crippen molar-refractivity contribution >= 4 is 27.4 Å². The molecule has 3 N–H and O–H groups in total. The van der Waals surface area contributed by atoms with Crippen molar-refractivity contribution in [1.29, 1.82) is 0 Å². The number of hydrogen-bond donors (Lipinski definition) is 3. The second-order valence-corrected chi connectivity index (χ2v) is 7.98. The Morgan fingerprint density at radius 3 is 2.68 bits per heavy atom. The third kappa shape index (κ3) is 9.65. The summed E-state index contributed by atoms with van der Waals surface area (Å²) in [7, 11) is -3.03. The molecule has 0 fully saturated rings. The van der Waals surface area contributed by atoms with Gasteiger partial charge in [-0.3, -0.25) is 4.79 Å². The van der Waals surface area contributed by atoms with Gasteiger partial charge in [0.2, 0.25) is 5.91 Å². The number of nitrogens with one attached hydrogen (secondary N) is 3. The molecule has 7 nitrogen and oxygen atoms in total. The number of carbonyl (C=O) groups is 1. The number of benzene rings is 1. The van der Waals surface area contributed by atoms with Crippen LogP contribution in [-0.4, -0.2) is 51.4 Å². The van der Waals surface area contributed by atoms with Crippen molar-refractivity contribution in [2.24, 2.45) is 4.99 Å². The molecule has 0 saturated carbocycles. The van der Waals surface area contributed by atoms with Gasteiger partial charge in [0.15, 0.2) is 5.96 Å². The van der Waals surface area contributed by atoms with Crippen LogP contribution in [0.3, 0.4) is 0 Å². The molecule has 1 amide bonds. The molecule has 1 rings (SSSR count). The monoisotopic (exact) mass is 372 g/mol. The zero-order chi connectivity index (χ0) is 18.9. The van der Waals surface area contributed by atoms with Gasteiger partial charge in [0.05, 0.1) is 5.75 Å². The van der Waals surface area contributed by atoms with Gasteiger partial charge in [0.25, 0.3) is 0 Å². The number of guanidine groups is 1. The predicted octanol–water partition coefficient (Wildman–Crippen LogP) is 1.14. The maximum atomic E-state index is 13.1. The zero-order valence-corrected chi connectivity index (χ0v) is 15.5. The van der Waals surface area contributed by atoms with Gasteiger partial charge < -0.3 is 16.0 Å². The van der Waals surface area contributed by atoms with Gasteiger partial charge >= 0.3 is 0 Å². The highest BCUT2D eigenvalue weighted by molar-refractivity contribution is 7.90. The van der Waals surface area contributed by atoms with Gasteiger partial charge in [0.1, 0.15) is 22.2 Å². The molecule has 1 unspecified atom stereocenters. The fourth-order valence-electron chi connectivity index (χ4n) is 1.93. The first-order chi connectivity index (χ1) is 11.7. The summed E-state index contributed by atoms with van der Waals surface area (Å²) in [6.07, 6.45) is 1.62. The number of halogens is 1. The Bertz CT molecular complexity index is 707. The number of hydrogen-bond acceptors (Lipinski definition) is 4. The Labute approximate surface area is 148 Å². The predicted molar refractivity (Wildman–Crippen MR) is 97.9 cm³/mol. The van der Waals surface area contributed by atoms with Crippen LogP contribution in [0.2, 0.25) is 0 Å². The van der Waals surface area contributed by atoms with Crippen molar-refractivity contribution in [3.8, 4) is 0 Å². The summed E-state index contributed by atoms with van der Waals surface area (Å²) in [6, 6.07) is 5.47. The van der Waals surface area contributed by atoms with Crippen molar-refractivity contribution in [3.05, 3.63) is 30.1 Å². The average molecular weight is 372 g/mol. The van der Waals surface area contributed by atoms with E-state index in [-0.39, 0.29) is 24.2 Å². The van der Waals surface area contributed by atoms with E-state index in [2.05, 4.69) is 20.9 Å². The maximum absolute atomic E-state index is 13.1. The normalized spacial score (nSPS) is 13.2. The van der Waals surface area contributed by atoms with Crippen LogP contribution in [0.25, 0.3) is 0 Å². The van der Waals surface area contributed by atoms with E-state index in [1.807, 2.05) is 13.8 Å². The molecule has 0 aromatic heterocycles. The summed E-state index contributed by atoms with van der Waals surface area (Å²) in [5, 5.41) is 8.60. The molecular weight excluding hydrogens is 347 g/mol. The van der Waals surface area contributed by atoms with Crippen LogP contribution in [0.4, 0.5) is 10.1 Å². The summed E-state index contributed by atoms with van der Waals surface area (Å²) < 4.78 is 35.5. The number of aliphatic imine (C=N–C) groups is 1. The number of amides is 1. The molecule has 25 heavy (non-hydrogen) atoms. The lowest BCUT2D eigenvalue weighted by Gasteiger charge is -2.17. The van der Waals surface area contributed by atoms with Crippen molar-refractivity contribution in [2.75, 3.05) is 30.4 Å². The number of nitrogens with zero attached hydrogens (tertiary/aromatic N) is 1. The molecule has 0 heterocycles. The van der Waals surface area contributed by atoms with Crippen LogP contribution in [0.5, 0.6) is 0 Å². The largest absolute Gasteiger partial charge is 0.357 e. The third-order valence-electron chi connectivity index (χ3n) is 3.14. The molecule has 0 radical (unpaired) electrons. The van der Waals surface area contributed by atoms with Gasteiger partial charge in [-0.15, -0.1) is 0 Å². The quantitative estimate of drug-likeness (QED) is 0.469. The summed E-state index contributed by atoms with van der Waals surface area (Å²) in [5.41, 5.74) is 0.361. The van der Waals surface area contributed by atoms with Crippen LogP contribution in [0.1, 0.15) is 20.3 Å². The van der Waals surface area contributed by atoms with E-state index in [0.717, 1.165) is 0 Å². The SMILES string of the molecule is CCNC(=NCC(=O)Nc1cccc(F)c1)NC(C)CCS(C)(=O)=O. The number of anilines is 1. The summed E-state index contributed by atoms with van der Waals surface area (Å²) in [5.74, 6) is -0.332. The van der Waals surface area contributed by atoms with Crippen molar-refractivity contribution in [1.82, 2.24) is 10.6 Å². The fraction of sp³-hybridized carbons (Fsp3) is 0.500. The van der Waals surface area contributed by atoms with Crippen LogP contribution in [0.15, 0.2) is 29.3 Å². The standard InChI is InChI=1S/C16H25FN4O3S/c1-4-18-16(20-12(2)8-9-25(3,23)24)19-11-15(22)21-14-7-5-6-13(17)10-14/h5-7,10,12H,4,8-9,11H2,1-3H3,(H,21,22)(H2,18,19,20). The first kappa shape index (κ1) is 20.9. The second-order valence-electron chi connectivity index (χ2n) is 5.72. The van der Waals surface area contributed by atoms with E-state index in [1.54, 1.807) is 6.07 Å². The smallest absolute Gasteiger partial charge is 0.246 e. The highest BCUT2D eigenvalue weighted by Crippen LogP contribution is 2.08. The lowest BCUT2D eigenvalue weighted by molar-refractivity contribution is -0.114. The lowest BCUT2D eigenvalue weighted by Crippen LogP contribution is -2.43. The van der Waals surface area contributed by atoms with Gasteiger partial charge in [-0.1, -0.05) is 6.07 Å². The van der Waals surface area contributed by atoms with E-state index >= 15 is 0 Å². The van der Waals surface area contributed by atoms with E-state index < -0.39 is 15.7 Å². The molecule has 0 saturated heterocycles. The Morgan fingerprint density at radius 2 is 2.08 bits per heavy atom. The van der Waals surface area contributed by atoms with Crippen molar-refractivity contribution < 1.29 is 17.6 Å². The Balaban J connectivity index is 2.57. The Kier molecular flexibility index (Phi) is 8.33. The van der Waals surface area contributed by atoms with Gasteiger partial charge in [-0.2, -0.15) is 0 Å². The minimum absolute atomic E-state index is 0.0701. The number of rotatable bonds is 8. The zero-order valence-electron chi connectivity index (χ0n) is 14.7. The molecular formula is C16H25FN4O3S. The Morgan fingerprint density at radius 1 is 1.36 bits per heavy atom. The second kappa shape index (κ2) is 9.97. The van der Waals surface area contributed by atoms with E-state index in [1.165, 1.54) is 24.5 Å². The molecule has 1 aromatic carbocycles. The van der Waals surface area contributed by atoms with Crippen molar-refractivity contribution in [3.63, 3.8) is 0 Å².